The van der Waals surface area contributed by atoms with Crippen molar-refractivity contribution < 1.29 is 19.2 Å². The molecule has 1 saturated heterocycles. The van der Waals surface area contributed by atoms with Crippen molar-refractivity contribution in [3.05, 3.63) is 36.1 Å². The molecule has 1 aliphatic heterocycles. The van der Waals surface area contributed by atoms with Crippen LogP contribution in [-0.2, 0) is 4.74 Å². The summed E-state index contributed by atoms with van der Waals surface area (Å²) in [6.07, 6.45) is 0. The van der Waals surface area contributed by atoms with Crippen LogP contribution < -0.4 is 4.90 Å². The summed E-state index contributed by atoms with van der Waals surface area (Å²) in [6, 6.07) is 9.24. The Balaban J connectivity index is 1.79. The monoisotopic (exact) mass is 274 g/mol. The van der Waals surface area contributed by atoms with Gasteiger partial charge in [0.15, 0.2) is 0 Å². The number of anilines is 1. The van der Waals surface area contributed by atoms with Crippen LogP contribution in [0.4, 0.5) is 5.69 Å². The molecule has 0 amide bonds. The molecule has 20 heavy (non-hydrogen) atoms. The molecule has 104 valence electrons. The normalized spacial score (nSPS) is 15.3. The van der Waals surface area contributed by atoms with Gasteiger partial charge in [-0.1, -0.05) is 17.3 Å². The highest BCUT2D eigenvalue weighted by molar-refractivity contribution is 5.85. The molecular formula is C14H14N2O4. The van der Waals surface area contributed by atoms with Crippen LogP contribution in [0.15, 0.2) is 34.9 Å². The zero-order valence-corrected chi connectivity index (χ0v) is 10.8. The number of carboxylic acid groups (broad SMARTS) is 1. The summed E-state index contributed by atoms with van der Waals surface area (Å²) in [4.78, 5) is 13.0. The van der Waals surface area contributed by atoms with Crippen molar-refractivity contribution in [3.8, 4) is 11.3 Å². The van der Waals surface area contributed by atoms with Gasteiger partial charge in [0.2, 0.25) is 5.76 Å². The van der Waals surface area contributed by atoms with Crippen LogP contribution in [0.3, 0.4) is 0 Å². The Labute approximate surface area is 115 Å². The Bertz CT molecular complexity index is 600. The number of hydrogen-bond donors (Lipinski definition) is 1. The van der Waals surface area contributed by atoms with E-state index in [1.807, 2.05) is 24.3 Å². The average Bonchev–Trinajstić information content (AvgIpc) is 2.98. The van der Waals surface area contributed by atoms with Crippen molar-refractivity contribution in [2.45, 2.75) is 0 Å². The van der Waals surface area contributed by atoms with Gasteiger partial charge in [-0.2, -0.15) is 0 Å². The van der Waals surface area contributed by atoms with Gasteiger partial charge in [0.05, 0.1) is 13.2 Å². The Morgan fingerprint density at radius 1 is 1.20 bits per heavy atom. The number of hydrogen-bond acceptors (Lipinski definition) is 5. The summed E-state index contributed by atoms with van der Waals surface area (Å²) in [5.41, 5.74) is 2.48. The van der Waals surface area contributed by atoms with E-state index in [4.69, 9.17) is 14.4 Å². The van der Waals surface area contributed by atoms with Gasteiger partial charge in [0, 0.05) is 30.4 Å². The van der Waals surface area contributed by atoms with Crippen LogP contribution in [-0.4, -0.2) is 42.5 Å². The number of benzene rings is 1. The number of morpholine rings is 1. The van der Waals surface area contributed by atoms with Crippen LogP contribution >= 0.6 is 0 Å². The molecular weight excluding hydrogens is 260 g/mol. The minimum atomic E-state index is -1.12. The second kappa shape index (κ2) is 5.34. The lowest BCUT2D eigenvalue weighted by molar-refractivity contribution is 0.0652. The van der Waals surface area contributed by atoms with E-state index < -0.39 is 5.97 Å². The Kier molecular flexibility index (Phi) is 3.39. The van der Waals surface area contributed by atoms with Crippen molar-refractivity contribution in [1.29, 1.82) is 0 Å². The number of aromatic nitrogens is 1. The lowest BCUT2D eigenvalue weighted by Gasteiger charge is -2.28. The van der Waals surface area contributed by atoms with Crippen LogP contribution in [0.25, 0.3) is 11.3 Å². The fourth-order valence-corrected chi connectivity index (χ4v) is 2.18. The number of rotatable bonds is 3. The molecule has 1 aromatic carbocycles. The third-order valence-electron chi connectivity index (χ3n) is 3.26. The molecule has 0 bridgehead atoms. The Hall–Kier alpha value is -2.34. The predicted octanol–water partition coefficient (Wildman–Crippen LogP) is 1.88. The molecule has 3 rings (SSSR count). The molecule has 0 atom stereocenters. The molecule has 1 fully saturated rings. The van der Waals surface area contributed by atoms with Crippen molar-refractivity contribution in [2.24, 2.45) is 0 Å². The van der Waals surface area contributed by atoms with Gasteiger partial charge in [-0.3, -0.25) is 0 Å². The first-order valence-corrected chi connectivity index (χ1v) is 6.37. The Morgan fingerprint density at radius 2 is 1.90 bits per heavy atom. The summed E-state index contributed by atoms with van der Waals surface area (Å²) in [5.74, 6) is -1.27. The average molecular weight is 274 g/mol. The lowest BCUT2D eigenvalue weighted by atomic mass is 10.1. The van der Waals surface area contributed by atoms with Crippen LogP contribution in [0, 0.1) is 0 Å². The van der Waals surface area contributed by atoms with Crippen LogP contribution in [0.5, 0.6) is 0 Å². The third-order valence-corrected chi connectivity index (χ3v) is 3.26. The number of carbonyl (C=O) groups is 1. The number of aromatic carboxylic acids is 1. The zero-order valence-electron chi connectivity index (χ0n) is 10.8. The Morgan fingerprint density at radius 3 is 2.50 bits per heavy atom. The molecule has 6 nitrogen and oxygen atoms in total. The number of carboxylic acids is 1. The largest absolute Gasteiger partial charge is 0.475 e. The maximum absolute atomic E-state index is 10.8. The third kappa shape index (κ3) is 2.50. The molecule has 0 saturated carbocycles. The van der Waals surface area contributed by atoms with E-state index in [1.165, 1.54) is 6.07 Å². The highest BCUT2D eigenvalue weighted by Crippen LogP contribution is 2.23. The van der Waals surface area contributed by atoms with Gasteiger partial charge in [-0.25, -0.2) is 4.79 Å². The van der Waals surface area contributed by atoms with Crippen molar-refractivity contribution in [3.63, 3.8) is 0 Å². The second-order valence-electron chi connectivity index (χ2n) is 4.53. The van der Waals surface area contributed by atoms with Gasteiger partial charge >= 0.3 is 5.97 Å². The molecule has 0 unspecified atom stereocenters. The molecule has 0 aliphatic carbocycles. The molecule has 1 aromatic heterocycles. The minimum absolute atomic E-state index is 0.155. The second-order valence-corrected chi connectivity index (χ2v) is 4.53. The SMILES string of the molecule is O=C(O)c1cc(-c2ccc(N3CCOCC3)cc2)no1. The lowest BCUT2D eigenvalue weighted by Crippen LogP contribution is -2.36. The van der Waals surface area contributed by atoms with E-state index in [1.54, 1.807) is 0 Å². The first-order chi connectivity index (χ1) is 9.74. The molecule has 6 heteroatoms. The summed E-state index contributed by atoms with van der Waals surface area (Å²) < 4.78 is 10.1. The highest BCUT2D eigenvalue weighted by atomic mass is 16.5. The maximum atomic E-state index is 10.8. The molecule has 1 N–H and O–H groups in total. The molecule has 2 heterocycles. The van der Waals surface area contributed by atoms with Gasteiger partial charge in [-0.05, 0) is 12.1 Å². The maximum Gasteiger partial charge on any atom is 0.374 e. The zero-order chi connectivity index (χ0) is 13.9. The van der Waals surface area contributed by atoms with E-state index in [-0.39, 0.29) is 5.76 Å². The van der Waals surface area contributed by atoms with E-state index >= 15 is 0 Å². The van der Waals surface area contributed by atoms with Gasteiger partial charge in [-0.15, -0.1) is 0 Å². The van der Waals surface area contributed by atoms with Gasteiger partial charge in [0.25, 0.3) is 0 Å². The fraction of sp³-hybridized carbons (Fsp3) is 0.286. The molecule has 0 radical (unpaired) electrons. The van der Waals surface area contributed by atoms with Gasteiger partial charge in [0.1, 0.15) is 5.69 Å². The standard InChI is InChI=1S/C14H14N2O4/c17-14(18)13-9-12(15-20-13)10-1-3-11(4-2-10)16-5-7-19-8-6-16/h1-4,9H,5-8H2,(H,17,18). The van der Waals surface area contributed by atoms with Crippen LogP contribution in [0.1, 0.15) is 10.6 Å². The van der Waals surface area contributed by atoms with E-state index in [0.29, 0.717) is 5.69 Å². The molecule has 1 aliphatic rings. The van der Waals surface area contributed by atoms with E-state index in [9.17, 15) is 4.79 Å². The smallest absolute Gasteiger partial charge is 0.374 e. The summed E-state index contributed by atoms with van der Waals surface area (Å²) >= 11 is 0. The summed E-state index contributed by atoms with van der Waals surface area (Å²) in [5, 5.41) is 12.6. The van der Waals surface area contributed by atoms with Crippen LogP contribution in [0.2, 0.25) is 0 Å². The first-order valence-electron chi connectivity index (χ1n) is 6.37. The number of ether oxygens (including phenoxy) is 1. The summed E-state index contributed by atoms with van der Waals surface area (Å²) in [6.45, 7) is 3.25. The van der Waals surface area contributed by atoms with E-state index in [2.05, 4.69) is 10.1 Å². The first kappa shape index (κ1) is 12.7. The quantitative estimate of drug-likeness (QED) is 0.921. The summed E-state index contributed by atoms with van der Waals surface area (Å²) in [7, 11) is 0. The number of nitrogens with zero attached hydrogens (tertiary/aromatic N) is 2. The van der Waals surface area contributed by atoms with Crippen molar-refractivity contribution in [2.75, 3.05) is 31.2 Å². The molecule has 2 aromatic rings. The molecule has 0 spiro atoms. The fourth-order valence-electron chi connectivity index (χ4n) is 2.18. The highest BCUT2D eigenvalue weighted by Gasteiger charge is 2.14. The van der Waals surface area contributed by atoms with Crippen molar-refractivity contribution in [1.82, 2.24) is 5.16 Å². The van der Waals surface area contributed by atoms with Crippen molar-refractivity contribution >= 4 is 11.7 Å². The van der Waals surface area contributed by atoms with E-state index in [0.717, 1.165) is 37.6 Å². The minimum Gasteiger partial charge on any atom is -0.475 e. The topological polar surface area (TPSA) is 75.8 Å². The predicted molar refractivity (Wildman–Crippen MR) is 71.9 cm³/mol. The van der Waals surface area contributed by atoms with Gasteiger partial charge < -0.3 is 19.3 Å².